The van der Waals surface area contributed by atoms with Crippen molar-refractivity contribution in [1.29, 1.82) is 0 Å². The predicted molar refractivity (Wildman–Crippen MR) is 68.0 cm³/mol. The van der Waals surface area contributed by atoms with Gasteiger partial charge in [-0.3, -0.25) is 0 Å². The first-order valence-electron chi connectivity index (χ1n) is 5.18. The lowest BCUT2D eigenvalue weighted by Crippen LogP contribution is -1.84. The first-order valence-corrected chi connectivity index (χ1v) is 5.18. The topological polar surface area (TPSA) is 26.0 Å². The van der Waals surface area contributed by atoms with Gasteiger partial charge in [0.25, 0.3) is 0 Å². The molecule has 0 heterocycles. The van der Waals surface area contributed by atoms with Crippen LogP contribution in [0.25, 0.3) is 0 Å². The van der Waals surface area contributed by atoms with Gasteiger partial charge in [0.05, 0.1) is 0 Å². The van der Waals surface area contributed by atoms with E-state index in [-0.39, 0.29) is 0 Å². The smallest absolute Gasteiger partial charge is 0.0326 e. The molecule has 1 heteroatoms. The van der Waals surface area contributed by atoms with Crippen LogP contribution >= 0.6 is 0 Å². The summed E-state index contributed by atoms with van der Waals surface area (Å²) in [6.07, 6.45) is 0. The monoisotopic (exact) mass is 207 g/mol. The van der Waals surface area contributed by atoms with Gasteiger partial charge in [-0.15, -0.1) is 0 Å². The van der Waals surface area contributed by atoms with Gasteiger partial charge in [0, 0.05) is 16.8 Å². The average Bonchev–Trinajstić information content (AvgIpc) is 2.27. The molecule has 0 aliphatic heterocycles. The molecule has 16 heavy (non-hydrogen) atoms. The molecule has 0 fully saturated rings. The number of nitrogens with two attached hydrogens (primary N) is 1. The Morgan fingerprint density at radius 2 is 1.50 bits per heavy atom. The van der Waals surface area contributed by atoms with Crippen LogP contribution in [-0.4, -0.2) is 0 Å². The molecule has 0 spiro atoms. The maximum atomic E-state index is 5.68. The van der Waals surface area contributed by atoms with Crippen LogP contribution in [0.4, 0.5) is 5.69 Å². The number of nitrogen functional groups attached to an aromatic ring is 1. The third-order valence-corrected chi connectivity index (χ3v) is 2.26. The second-order valence-corrected chi connectivity index (χ2v) is 3.74. The molecular weight excluding hydrogens is 194 g/mol. The zero-order valence-corrected chi connectivity index (χ0v) is 9.20. The largest absolute Gasteiger partial charge is 0.399 e. The molecule has 0 aliphatic carbocycles. The van der Waals surface area contributed by atoms with Gasteiger partial charge in [-0.2, -0.15) is 0 Å². The van der Waals surface area contributed by atoms with Crippen molar-refractivity contribution < 1.29 is 0 Å². The zero-order chi connectivity index (χ0) is 11.4. The highest BCUT2D eigenvalue weighted by Gasteiger charge is 1.89. The summed E-state index contributed by atoms with van der Waals surface area (Å²) in [7, 11) is 0. The van der Waals surface area contributed by atoms with Crippen LogP contribution in [0.1, 0.15) is 16.7 Å². The summed E-state index contributed by atoms with van der Waals surface area (Å²) in [5, 5.41) is 0. The minimum atomic E-state index is 0.746. The molecule has 0 aliphatic rings. The first-order chi connectivity index (χ1) is 7.74. The van der Waals surface area contributed by atoms with Crippen molar-refractivity contribution in [3.63, 3.8) is 0 Å². The maximum Gasteiger partial charge on any atom is 0.0326 e. The van der Waals surface area contributed by atoms with E-state index in [1.807, 2.05) is 36.4 Å². The van der Waals surface area contributed by atoms with E-state index in [9.17, 15) is 0 Å². The van der Waals surface area contributed by atoms with Crippen molar-refractivity contribution in [3.05, 3.63) is 65.2 Å². The fourth-order valence-electron chi connectivity index (χ4n) is 1.48. The molecule has 0 atom stereocenters. The summed E-state index contributed by atoms with van der Waals surface area (Å²) < 4.78 is 0. The molecule has 2 aromatic rings. The average molecular weight is 207 g/mol. The molecule has 0 radical (unpaired) electrons. The summed E-state index contributed by atoms with van der Waals surface area (Å²) in [4.78, 5) is 0. The second kappa shape index (κ2) is 4.55. The molecule has 0 amide bonds. The Morgan fingerprint density at radius 1 is 0.875 bits per heavy atom. The number of rotatable bonds is 0. The van der Waals surface area contributed by atoms with E-state index in [1.54, 1.807) is 0 Å². The van der Waals surface area contributed by atoms with E-state index in [2.05, 4.69) is 30.9 Å². The summed E-state index contributed by atoms with van der Waals surface area (Å²) in [6.45, 7) is 2.06. The molecule has 0 saturated heterocycles. The Balaban J connectivity index is 2.28. The molecule has 1 nitrogen and oxygen atoms in total. The van der Waals surface area contributed by atoms with Gasteiger partial charge in [-0.05, 0) is 42.8 Å². The highest BCUT2D eigenvalue weighted by atomic mass is 14.5. The summed E-state index contributed by atoms with van der Waals surface area (Å²) >= 11 is 0. The second-order valence-electron chi connectivity index (χ2n) is 3.74. The van der Waals surface area contributed by atoms with E-state index in [0.29, 0.717) is 0 Å². The minimum Gasteiger partial charge on any atom is -0.399 e. The number of aryl methyl sites for hydroxylation is 1. The van der Waals surface area contributed by atoms with Crippen molar-refractivity contribution in [3.8, 4) is 11.8 Å². The lowest BCUT2D eigenvalue weighted by Gasteiger charge is -1.94. The van der Waals surface area contributed by atoms with Crippen molar-refractivity contribution in [1.82, 2.24) is 0 Å². The summed E-state index contributed by atoms with van der Waals surface area (Å²) in [5.74, 6) is 6.22. The van der Waals surface area contributed by atoms with Crippen molar-refractivity contribution in [2.45, 2.75) is 6.92 Å². The first kappa shape index (κ1) is 10.3. The van der Waals surface area contributed by atoms with Gasteiger partial charge in [0.15, 0.2) is 0 Å². The molecule has 0 aromatic heterocycles. The lowest BCUT2D eigenvalue weighted by atomic mass is 10.1. The normalized spacial score (nSPS) is 9.31. The Kier molecular flexibility index (Phi) is 2.93. The third-order valence-electron chi connectivity index (χ3n) is 2.26. The Morgan fingerprint density at radius 3 is 2.12 bits per heavy atom. The van der Waals surface area contributed by atoms with Crippen LogP contribution in [-0.2, 0) is 0 Å². The van der Waals surface area contributed by atoms with E-state index >= 15 is 0 Å². The van der Waals surface area contributed by atoms with E-state index in [1.165, 1.54) is 5.56 Å². The van der Waals surface area contributed by atoms with Crippen LogP contribution in [0.2, 0.25) is 0 Å². The van der Waals surface area contributed by atoms with Gasteiger partial charge in [0.1, 0.15) is 0 Å². The molecule has 0 unspecified atom stereocenters. The summed E-state index contributed by atoms with van der Waals surface area (Å²) in [6, 6.07) is 15.8. The molecular formula is C15H13N. The van der Waals surface area contributed by atoms with E-state index in [0.717, 1.165) is 16.8 Å². The minimum absolute atomic E-state index is 0.746. The zero-order valence-electron chi connectivity index (χ0n) is 9.20. The number of anilines is 1. The fraction of sp³-hybridized carbons (Fsp3) is 0.0667. The van der Waals surface area contributed by atoms with Crippen LogP contribution in [0.15, 0.2) is 48.5 Å². The standard InChI is InChI=1S/C15H13N/c1-12-4-2-5-13(10-12)8-9-14-6-3-7-15(16)11-14/h2-7,10-11H,16H2,1H3. The van der Waals surface area contributed by atoms with Crippen LogP contribution in [0.5, 0.6) is 0 Å². The molecule has 2 rings (SSSR count). The fourth-order valence-corrected chi connectivity index (χ4v) is 1.48. The van der Waals surface area contributed by atoms with Crippen LogP contribution in [0, 0.1) is 18.8 Å². The van der Waals surface area contributed by atoms with Crippen molar-refractivity contribution in [2.24, 2.45) is 0 Å². The number of hydrogen-bond donors (Lipinski definition) is 1. The highest BCUT2D eigenvalue weighted by Crippen LogP contribution is 2.06. The van der Waals surface area contributed by atoms with Crippen LogP contribution < -0.4 is 5.73 Å². The molecule has 2 aromatic carbocycles. The molecule has 0 saturated carbocycles. The van der Waals surface area contributed by atoms with Crippen LogP contribution in [0.3, 0.4) is 0 Å². The Bertz CT molecular complexity index is 509. The third kappa shape index (κ3) is 2.65. The summed E-state index contributed by atoms with van der Waals surface area (Å²) in [5.41, 5.74) is 9.63. The molecule has 78 valence electrons. The van der Waals surface area contributed by atoms with Crippen molar-refractivity contribution in [2.75, 3.05) is 5.73 Å². The quantitative estimate of drug-likeness (QED) is 0.521. The predicted octanol–water partition coefficient (Wildman–Crippen LogP) is 2.98. The van der Waals surface area contributed by atoms with Gasteiger partial charge in [0.2, 0.25) is 0 Å². The highest BCUT2D eigenvalue weighted by molar-refractivity contribution is 5.49. The maximum absolute atomic E-state index is 5.68. The van der Waals surface area contributed by atoms with Crippen molar-refractivity contribution >= 4 is 5.69 Å². The number of hydrogen-bond acceptors (Lipinski definition) is 1. The molecule has 2 N–H and O–H groups in total. The Labute approximate surface area is 95.9 Å². The number of benzene rings is 2. The van der Waals surface area contributed by atoms with Gasteiger partial charge in [-0.1, -0.05) is 30.0 Å². The van der Waals surface area contributed by atoms with Gasteiger partial charge < -0.3 is 5.73 Å². The van der Waals surface area contributed by atoms with E-state index < -0.39 is 0 Å². The lowest BCUT2D eigenvalue weighted by molar-refractivity contribution is 1.45. The van der Waals surface area contributed by atoms with Gasteiger partial charge >= 0.3 is 0 Å². The van der Waals surface area contributed by atoms with Gasteiger partial charge in [-0.25, -0.2) is 0 Å². The Hall–Kier alpha value is -2.20. The SMILES string of the molecule is Cc1cccc(C#Cc2cccc(N)c2)c1. The van der Waals surface area contributed by atoms with E-state index in [4.69, 9.17) is 5.73 Å². The molecule has 0 bridgehead atoms.